The van der Waals surface area contributed by atoms with E-state index in [9.17, 15) is 0 Å². The lowest BCUT2D eigenvalue weighted by molar-refractivity contribution is 0.297. The number of aryl methyl sites for hydroxylation is 1. The van der Waals surface area contributed by atoms with E-state index in [4.69, 9.17) is 4.98 Å². The van der Waals surface area contributed by atoms with Gasteiger partial charge in [-0.25, -0.2) is 4.98 Å². The Kier molecular flexibility index (Phi) is 5.59. The van der Waals surface area contributed by atoms with Gasteiger partial charge < -0.3 is 14.8 Å². The number of unbranched alkanes of at least 4 members (excludes halogenated alkanes) is 1. The minimum atomic E-state index is 1.04. The number of aromatic nitrogens is 2. The monoisotopic (exact) mass is 338 g/mol. The van der Waals surface area contributed by atoms with Gasteiger partial charge in [-0.1, -0.05) is 32.0 Å². The molecule has 0 aliphatic heterocycles. The SMILES string of the molecule is CCN(CC)CCCCN(C)c1cc2c([nH]c3ccccc32)c(C)n1. The van der Waals surface area contributed by atoms with Gasteiger partial charge in [0.15, 0.2) is 0 Å². The van der Waals surface area contributed by atoms with Gasteiger partial charge in [-0.05, 0) is 51.5 Å². The largest absolute Gasteiger partial charge is 0.360 e. The van der Waals surface area contributed by atoms with Crippen LogP contribution in [0.15, 0.2) is 30.3 Å². The molecule has 0 aliphatic rings. The van der Waals surface area contributed by atoms with Crippen molar-refractivity contribution in [3.63, 3.8) is 0 Å². The number of rotatable bonds is 8. The molecular weight excluding hydrogens is 308 g/mol. The summed E-state index contributed by atoms with van der Waals surface area (Å²) in [5.41, 5.74) is 3.40. The lowest BCUT2D eigenvalue weighted by Gasteiger charge is -2.21. The van der Waals surface area contributed by atoms with Crippen LogP contribution in [-0.2, 0) is 0 Å². The van der Waals surface area contributed by atoms with Crippen molar-refractivity contribution in [1.29, 1.82) is 0 Å². The highest BCUT2D eigenvalue weighted by atomic mass is 15.2. The number of fused-ring (bicyclic) bond motifs is 3. The van der Waals surface area contributed by atoms with Crippen molar-refractivity contribution in [2.45, 2.75) is 33.6 Å². The van der Waals surface area contributed by atoms with E-state index in [-0.39, 0.29) is 0 Å². The summed E-state index contributed by atoms with van der Waals surface area (Å²) in [6, 6.07) is 10.7. The van der Waals surface area contributed by atoms with E-state index >= 15 is 0 Å². The number of nitrogens with one attached hydrogen (secondary N) is 1. The first kappa shape index (κ1) is 17.7. The van der Waals surface area contributed by atoms with Crippen molar-refractivity contribution >= 4 is 27.6 Å². The minimum Gasteiger partial charge on any atom is -0.360 e. The van der Waals surface area contributed by atoms with E-state index in [2.05, 4.69) is 72.9 Å². The van der Waals surface area contributed by atoms with Crippen molar-refractivity contribution in [1.82, 2.24) is 14.9 Å². The molecule has 0 fully saturated rings. The first-order valence-electron chi connectivity index (χ1n) is 9.45. The van der Waals surface area contributed by atoms with Gasteiger partial charge >= 0.3 is 0 Å². The van der Waals surface area contributed by atoms with E-state index in [0.717, 1.165) is 36.7 Å². The second-order valence-electron chi connectivity index (χ2n) is 6.81. The van der Waals surface area contributed by atoms with Crippen LogP contribution in [0.5, 0.6) is 0 Å². The van der Waals surface area contributed by atoms with Gasteiger partial charge in [-0.2, -0.15) is 0 Å². The Labute approximate surface area is 150 Å². The number of hydrogen-bond acceptors (Lipinski definition) is 3. The fraction of sp³-hybridized carbons (Fsp3) is 0.476. The Hall–Kier alpha value is -2.07. The zero-order chi connectivity index (χ0) is 17.8. The van der Waals surface area contributed by atoms with Crippen LogP contribution in [-0.4, -0.2) is 48.1 Å². The summed E-state index contributed by atoms with van der Waals surface area (Å²) in [6.45, 7) is 11.1. The second kappa shape index (κ2) is 7.87. The van der Waals surface area contributed by atoms with Crippen LogP contribution in [0, 0.1) is 6.92 Å². The highest BCUT2D eigenvalue weighted by molar-refractivity contribution is 6.08. The summed E-state index contributed by atoms with van der Waals surface area (Å²) in [4.78, 5) is 13.1. The third-order valence-corrected chi connectivity index (χ3v) is 5.17. The van der Waals surface area contributed by atoms with Gasteiger partial charge in [0, 0.05) is 29.9 Å². The molecule has 4 heteroatoms. The Morgan fingerprint density at radius 3 is 2.48 bits per heavy atom. The zero-order valence-corrected chi connectivity index (χ0v) is 16.0. The molecule has 4 nitrogen and oxygen atoms in total. The summed E-state index contributed by atoms with van der Waals surface area (Å²) >= 11 is 0. The maximum absolute atomic E-state index is 4.83. The molecule has 0 aliphatic carbocycles. The summed E-state index contributed by atoms with van der Waals surface area (Å²) < 4.78 is 0. The number of benzene rings is 1. The lowest BCUT2D eigenvalue weighted by atomic mass is 10.1. The predicted octanol–water partition coefficient (Wildman–Crippen LogP) is 4.58. The number of para-hydroxylation sites is 1. The number of nitrogens with zero attached hydrogens (tertiary/aromatic N) is 3. The van der Waals surface area contributed by atoms with Crippen molar-refractivity contribution in [3.8, 4) is 0 Å². The minimum absolute atomic E-state index is 1.04. The Morgan fingerprint density at radius 2 is 1.72 bits per heavy atom. The number of aromatic amines is 1. The average molecular weight is 338 g/mol. The van der Waals surface area contributed by atoms with Crippen molar-refractivity contribution in [2.75, 3.05) is 38.1 Å². The fourth-order valence-electron chi connectivity index (χ4n) is 3.52. The molecule has 2 aromatic heterocycles. The first-order valence-corrected chi connectivity index (χ1v) is 9.45. The Morgan fingerprint density at radius 1 is 1.00 bits per heavy atom. The van der Waals surface area contributed by atoms with Gasteiger partial charge in [0.25, 0.3) is 0 Å². The van der Waals surface area contributed by atoms with Crippen LogP contribution in [0.4, 0.5) is 5.82 Å². The number of H-pyrrole nitrogens is 1. The van der Waals surface area contributed by atoms with Crippen LogP contribution >= 0.6 is 0 Å². The summed E-state index contributed by atoms with van der Waals surface area (Å²) in [5.74, 6) is 1.07. The van der Waals surface area contributed by atoms with E-state index in [1.54, 1.807) is 0 Å². The number of pyridine rings is 1. The molecule has 3 aromatic rings. The molecule has 0 unspecified atom stereocenters. The van der Waals surface area contributed by atoms with Crippen LogP contribution in [0.2, 0.25) is 0 Å². The van der Waals surface area contributed by atoms with Gasteiger partial charge in [-0.15, -0.1) is 0 Å². The Bertz CT molecular complexity index is 832. The van der Waals surface area contributed by atoms with E-state index in [1.807, 2.05) is 0 Å². The standard InChI is InChI=1S/C21H30N4/c1-5-25(6-2)14-10-9-13-24(4)20-15-18-17-11-7-8-12-19(17)23-21(18)16(3)22-20/h7-8,11-12,15,23H,5-6,9-10,13-14H2,1-4H3. The summed E-state index contributed by atoms with van der Waals surface area (Å²) in [5, 5.41) is 2.55. The maximum atomic E-state index is 4.83. The van der Waals surface area contributed by atoms with Crippen LogP contribution in [0.25, 0.3) is 21.8 Å². The molecule has 3 rings (SSSR count). The van der Waals surface area contributed by atoms with Crippen LogP contribution in [0.1, 0.15) is 32.4 Å². The highest BCUT2D eigenvalue weighted by Crippen LogP contribution is 2.29. The van der Waals surface area contributed by atoms with Crippen LogP contribution < -0.4 is 4.90 Å². The molecular formula is C21H30N4. The molecule has 134 valence electrons. The van der Waals surface area contributed by atoms with E-state index < -0.39 is 0 Å². The Balaban J connectivity index is 1.73. The maximum Gasteiger partial charge on any atom is 0.129 e. The molecule has 1 aromatic carbocycles. The summed E-state index contributed by atoms with van der Waals surface area (Å²) in [6.07, 6.45) is 2.43. The lowest BCUT2D eigenvalue weighted by Crippen LogP contribution is -2.25. The predicted molar refractivity (Wildman–Crippen MR) is 109 cm³/mol. The van der Waals surface area contributed by atoms with Crippen molar-refractivity contribution < 1.29 is 0 Å². The molecule has 0 bridgehead atoms. The quantitative estimate of drug-likeness (QED) is 0.611. The molecule has 0 radical (unpaired) electrons. The number of hydrogen-bond donors (Lipinski definition) is 1. The average Bonchev–Trinajstić information content (AvgIpc) is 3.01. The zero-order valence-electron chi connectivity index (χ0n) is 16.0. The van der Waals surface area contributed by atoms with Gasteiger partial charge in [0.2, 0.25) is 0 Å². The third kappa shape index (κ3) is 3.79. The normalized spacial score (nSPS) is 11.7. The van der Waals surface area contributed by atoms with Crippen molar-refractivity contribution in [2.24, 2.45) is 0 Å². The third-order valence-electron chi connectivity index (χ3n) is 5.17. The van der Waals surface area contributed by atoms with Crippen LogP contribution in [0.3, 0.4) is 0 Å². The topological polar surface area (TPSA) is 35.2 Å². The molecule has 1 N–H and O–H groups in total. The van der Waals surface area contributed by atoms with E-state index in [1.165, 1.54) is 35.7 Å². The van der Waals surface area contributed by atoms with Gasteiger partial charge in [0.1, 0.15) is 5.82 Å². The van der Waals surface area contributed by atoms with Gasteiger partial charge in [-0.3, -0.25) is 0 Å². The molecule has 25 heavy (non-hydrogen) atoms. The molecule has 0 spiro atoms. The highest BCUT2D eigenvalue weighted by Gasteiger charge is 2.11. The molecule has 0 atom stereocenters. The van der Waals surface area contributed by atoms with Gasteiger partial charge in [0.05, 0.1) is 11.2 Å². The smallest absolute Gasteiger partial charge is 0.129 e. The fourth-order valence-corrected chi connectivity index (χ4v) is 3.52. The number of anilines is 1. The molecule has 0 amide bonds. The first-order chi connectivity index (χ1) is 12.1. The van der Waals surface area contributed by atoms with Crippen molar-refractivity contribution in [3.05, 3.63) is 36.0 Å². The molecule has 0 saturated carbocycles. The molecule has 2 heterocycles. The van der Waals surface area contributed by atoms with E-state index in [0.29, 0.717) is 0 Å². The second-order valence-corrected chi connectivity index (χ2v) is 6.81. The molecule has 0 saturated heterocycles. The summed E-state index contributed by atoms with van der Waals surface area (Å²) in [7, 11) is 2.15.